The number of hydrogen-bond donors (Lipinski definition) is 3. The third-order valence-corrected chi connectivity index (χ3v) is 22.5. The van der Waals surface area contributed by atoms with Crippen molar-refractivity contribution in [1.82, 2.24) is 0 Å². The Morgan fingerprint density at radius 2 is 0.486 bits per heavy atom. The molecule has 0 saturated heterocycles. The van der Waals surface area contributed by atoms with Crippen LogP contribution in [0.2, 0.25) is 0 Å². The zero-order valence-corrected chi connectivity index (χ0v) is 70.8. The molecule has 19 heteroatoms. The molecule has 0 fully saturated rings. The number of carbonyl (C=O) groups is 4. The molecule has 0 aromatic heterocycles. The van der Waals surface area contributed by atoms with E-state index in [-0.39, 0.29) is 25.7 Å². The summed E-state index contributed by atoms with van der Waals surface area (Å²) in [5, 5.41) is 10.7. The van der Waals surface area contributed by atoms with Crippen LogP contribution in [0.1, 0.15) is 459 Å². The molecule has 0 bridgehead atoms. The van der Waals surface area contributed by atoms with Crippen molar-refractivity contribution in [2.45, 2.75) is 477 Å². The molecule has 0 aliphatic carbocycles. The smallest absolute Gasteiger partial charge is 0.462 e. The van der Waals surface area contributed by atoms with Gasteiger partial charge in [0.1, 0.15) is 19.3 Å². The van der Waals surface area contributed by atoms with E-state index in [0.29, 0.717) is 25.7 Å². The molecule has 0 rings (SSSR count). The molecule has 0 amide bonds. The molecular formula is C86H168O17P2. The predicted octanol–water partition coefficient (Wildman–Crippen LogP) is 26.2. The molecule has 0 aromatic carbocycles. The van der Waals surface area contributed by atoms with Crippen LogP contribution in [0, 0.1) is 11.8 Å². The summed E-state index contributed by atoms with van der Waals surface area (Å²) in [6.45, 7) is 9.77. The van der Waals surface area contributed by atoms with Gasteiger partial charge in [-0.05, 0) is 37.5 Å². The summed E-state index contributed by atoms with van der Waals surface area (Å²) in [5.41, 5.74) is 0. The zero-order valence-electron chi connectivity index (χ0n) is 69.0. The van der Waals surface area contributed by atoms with Crippen molar-refractivity contribution in [3.05, 3.63) is 0 Å². The van der Waals surface area contributed by atoms with Gasteiger partial charge < -0.3 is 33.8 Å². The van der Waals surface area contributed by atoms with Crippen molar-refractivity contribution in [3.63, 3.8) is 0 Å². The van der Waals surface area contributed by atoms with E-state index < -0.39 is 97.5 Å². The van der Waals surface area contributed by atoms with Crippen molar-refractivity contribution in [2.24, 2.45) is 11.8 Å². The summed E-state index contributed by atoms with van der Waals surface area (Å²) in [6.07, 6.45) is 69.3. The number of esters is 4. The molecule has 0 heterocycles. The zero-order chi connectivity index (χ0) is 77.1. The summed E-state index contributed by atoms with van der Waals surface area (Å²) in [6, 6.07) is 0. The number of hydrogen-bond acceptors (Lipinski definition) is 15. The molecule has 3 N–H and O–H groups in total. The first kappa shape index (κ1) is 103. The molecule has 624 valence electrons. The van der Waals surface area contributed by atoms with Gasteiger partial charge in [-0.25, -0.2) is 9.13 Å². The lowest BCUT2D eigenvalue weighted by Gasteiger charge is -2.21. The summed E-state index contributed by atoms with van der Waals surface area (Å²) in [4.78, 5) is 73.2. The molecule has 3 unspecified atom stereocenters. The van der Waals surface area contributed by atoms with Gasteiger partial charge >= 0.3 is 39.5 Å². The molecular weight excluding hydrogens is 1370 g/mol. The lowest BCUT2D eigenvalue weighted by Crippen LogP contribution is -2.30. The fourth-order valence-electron chi connectivity index (χ4n) is 13.4. The van der Waals surface area contributed by atoms with Crippen molar-refractivity contribution in [3.8, 4) is 0 Å². The maximum atomic E-state index is 13.1. The molecule has 0 aliphatic heterocycles. The van der Waals surface area contributed by atoms with Gasteiger partial charge in [-0.1, -0.05) is 408 Å². The van der Waals surface area contributed by atoms with Crippen molar-refractivity contribution < 1.29 is 80.2 Å². The average molecular weight is 1540 g/mol. The van der Waals surface area contributed by atoms with Crippen LogP contribution in [0.25, 0.3) is 0 Å². The highest BCUT2D eigenvalue weighted by atomic mass is 31.2. The van der Waals surface area contributed by atoms with Crippen LogP contribution in [0.5, 0.6) is 0 Å². The van der Waals surface area contributed by atoms with E-state index in [1.807, 2.05) is 0 Å². The van der Waals surface area contributed by atoms with E-state index in [0.717, 1.165) is 102 Å². The Labute approximate surface area is 645 Å². The third kappa shape index (κ3) is 78.5. The van der Waals surface area contributed by atoms with Crippen LogP contribution in [-0.2, 0) is 65.4 Å². The van der Waals surface area contributed by atoms with Crippen LogP contribution < -0.4 is 0 Å². The summed E-state index contributed by atoms with van der Waals surface area (Å²) in [7, 11) is -9.93. The largest absolute Gasteiger partial charge is 0.472 e. The average Bonchev–Trinajstić information content (AvgIpc) is 0.907. The topological polar surface area (TPSA) is 237 Å². The van der Waals surface area contributed by atoms with Gasteiger partial charge in [-0.15, -0.1) is 0 Å². The Balaban J connectivity index is 5.23. The quantitative estimate of drug-likeness (QED) is 0.0222. The van der Waals surface area contributed by atoms with Gasteiger partial charge in [-0.2, -0.15) is 0 Å². The Bertz CT molecular complexity index is 2010. The first-order chi connectivity index (χ1) is 50.9. The summed E-state index contributed by atoms with van der Waals surface area (Å²) in [5.74, 6) is -0.423. The van der Waals surface area contributed by atoms with E-state index in [9.17, 15) is 43.2 Å². The highest BCUT2D eigenvalue weighted by Crippen LogP contribution is 2.45. The molecule has 6 atom stereocenters. The fraction of sp³-hybridized carbons (Fsp3) is 0.953. The SMILES string of the molecule is CCCCCCCCCCCCCCCCC(=O)O[C@H](COC(=O)CCCCCCCCCCCCC)COP(=O)(O)OC[C@H](O)COP(=O)(O)OC[C@@H](COC(=O)CCCCCCCCCCCCCCCCCC(C)C)OC(=O)CCCCCCCCCCCCCCCCCCCCC(C)CC. The Kier molecular flexibility index (Phi) is 76.0. The van der Waals surface area contributed by atoms with E-state index in [1.165, 1.54) is 276 Å². The third-order valence-electron chi connectivity index (χ3n) is 20.6. The van der Waals surface area contributed by atoms with E-state index in [2.05, 4.69) is 41.5 Å². The summed E-state index contributed by atoms with van der Waals surface area (Å²) >= 11 is 0. The number of aliphatic hydroxyl groups excluding tert-OH is 1. The maximum absolute atomic E-state index is 13.1. The highest BCUT2D eigenvalue weighted by molar-refractivity contribution is 7.47. The standard InChI is InChI=1S/C86H168O17P2/c1-7-10-12-14-16-18-20-21-33-40-46-52-58-64-70-85(90)102-81(74-96-83(88)68-62-56-50-44-36-19-17-15-13-11-8-2)76-100-104(92,93)98-72-80(87)73-99-105(94,95)101-77-82(75-97-84(89)69-63-57-51-45-39-34-30-26-27-31-37-42-48-54-60-66-78(4)5)103-86(91)71-65-59-53-47-41-35-29-25-23-22-24-28-32-38-43-49-55-61-67-79(6)9-3/h78-82,87H,7-77H2,1-6H3,(H,92,93)(H,94,95)/t79?,80-,81+,82+/m0/s1. The Hall–Kier alpha value is -1.94. The fourth-order valence-corrected chi connectivity index (χ4v) is 15.0. The van der Waals surface area contributed by atoms with Crippen molar-refractivity contribution in [2.75, 3.05) is 39.6 Å². The molecule has 17 nitrogen and oxygen atoms in total. The monoisotopic (exact) mass is 1540 g/mol. The van der Waals surface area contributed by atoms with Crippen LogP contribution in [0.15, 0.2) is 0 Å². The van der Waals surface area contributed by atoms with Gasteiger partial charge in [0.25, 0.3) is 0 Å². The Morgan fingerprint density at radius 3 is 0.724 bits per heavy atom. The van der Waals surface area contributed by atoms with E-state index in [4.69, 9.17) is 37.0 Å². The minimum absolute atomic E-state index is 0.108. The first-order valence-corrected chi connectivity index (χ1v) is 47.5. The molecule has 0 saturated carbocycles. The van der Waals surface area contributed by atoms with Crippen molar-refractivity contribution >= 4 is 39.5 Å². The van der Waals surface area contributed by atoms with Crippen LogP contribution >= 0.6 is 15.6 Å². The lowest BCUT2D eigenvalue weighted by atomic mass is 9.99. The molecule has 0 spiro atoms. The number of phosphoric acid groups is 2. The minimum atomic E-state index is -4.97. The number of aliphatic hydroxyl groups is 1. The minimum Gasteiger partial charge on any atom is -0.462 e. The highest BCUT2D eigenvalue weighted by Gasteiger charge is 2.30. The van der Waals surface area contributed by atoms with Crippen LogP contribution in [-0.4, -0.2) is 96.7 Å². The van der Waals surface area contributed by atoms with Crippen molar-refractivity contribution in [1.29, 1.82) is 0 Å². The number of ether oxygens (including phenoxy) is 4. The van der Waals surface area contributed by atoms with Gasteiger partial charge in [0.05, 0.1) is 26.4 Å². The van der Waals surface area contributed by atoms with Gasteiger partial charge in [0.15, 0.2) is 12.2 Å². The summed E-state index contributed by atoms with van der Waals surface area (Å²) < 4.78 is 68.9. The second-order valence-corrected chi connectivity index (χ2v) is 34.6. The van der Waals surface area contributed by atoms with E-state index in [1.54, 1.807) is 0 Å². The Morgan fingerprint density at radius 1 is 0.276 bits per heavy atom. The normalized spacial score (nSPS) is 14.1. The molecule has 0 aliphatic rings. The van der Waals surface area contributed by atoms with Gasteiger partial charge in [0.2, 0.25) is 0 Å². The van der Waals surface area contributed by atoms with Gasteiger partial charge in [0, 0.05) is 25.7 Å². The van der Waals surface area contributed by atoms with E-state index >= 15 is 0 Å². The first-order valence-electron chi connectivity index (χ1n) is 44.5. The number of rotatable bonds is 85. The van der Waals surface area contributed by atoms with Gasteiger partial charge in [-0.3, -0.25) is 37.3 Å². The number of unbranched alkanes of at least 4 members (excludes halogenated alkanes) is 54. The molecule has 0 radical (unpaired) electrons. The number of carbonyl (C=O) groups excluding carboxylic acids is 4. The maximum Gasteiger partial charge on any atom is 0.472 e. The number of phosphoric ester groups is 2. The predicted molar refractivity (Wildman–Crippen MR) is 432 cm³/mol. The second kappa shape index (κ2) is 77.4. The second-order valence-electron chi connectivity index (χ2n) is 31.6. The molecule has 105 heavy (non-hydrogen) atoms. The van der Waals surface area contributed by atoms with Crippen LogP contribution in [0.3, 0.4) is 0 Å². The molecule has 0 aromatic rings. The lowest BCUT2D eigenvalue weighted by molar-refractivity contribution is -0.161. The van der Waals surface area contributed by atoms with Crippen LogP contribution in [0.4, 0.5) is 0 Å².